The first-order valence-electron chi connectivity index (χ1n) is 5.69. The maximum atomic E-state index is 12.3. The number of hydrogen-bond acceptors (Lipinski definition) is 1. The molecule has 0 spiro atoms. The van der Waals surface area contributed by atoms with E-state index in [1.807, 2.05) is 57.2 Å². The van der Waals surface area contributed by atoms with Crippen molar-refractivity contribution in [3.63, 3.8) is 0 Å². The zero-order chi connectivity index (χ0) is 12.4. The van der Waals surface area contributed by atoms with E-state index in [2.05, 4.69) is 6.07 Å². The van der Waals surface area contributed by atoms with E-state index in [-0.39, 0.29) is 5.78 Å². The predicted molar refractivity (Wildman–Crippen MR) is 69.4 cm³/mol. The molecule has 17 heavy (non-hydrogen) atoms. The van der Waals surface area contributed by atoms with Crippen LogP contribution in [0.2, 0.25) is 0 Å². The fourth-order valence-corrected chi connectivity index (χ4v) is 1.85. The van der Waals surface area contributed by atoms with E-state index < -0.39 is 0 Å². The minimum Gasteiger partial charge on any atom is -0.289 e. The Bertz CT molecular complexity index is 553. The second-order valence-corrected chi connectivity index (χ2v) is 4.29. The highest BCUT2D eigenvalue weighted by atomic mass is 16.1. The topological polar surface area (TPSA) is 17.1 Å². The van der Waals surface area contributed by atoms with Crippen LogP contribution in [0.25, 0.3) is 0 Å². The van der Waals surface area contributed by atoms with E-state index in [1.54, 1.807) is 0 Å². The Hall–Kier alpha value is -1.89. The van der Waals surface area contributed by atoms with Crippen molar-refractivity contribution in [3.05, 3.63) is 70.3 Å². The van der Waals surface area contributed by atoms with Crippen molar-refractivity contribution in [3.8, 4) is 0 Å². The molecule has 0 unspecified atom stereocenters. The maximum Gasteiger partial charge on any atom is 0.193 e. The largest absolute Gasteiger partial charge is 0.289 e. The SMILES string of the molecule is Cc1c[c]c(C(=O)c2ccccc2)c(C)c1C. The average molecular weight is 223 g/mol. The Morgan fingerprint density at radius 2 is 1.65 bits per heavy atom. The molecule has 0 N–H and O–H groups in total. The Labute approximate surface area is 102 Å². The zero-order valence-corrected chi connectivity index (χ0v) is 10.4. The number of carbonyl (C=O) groups excluding carboxylic acids is 1. The number of hydrogen-bond donors (Lipinski definition) is 0. The van der Waals surface area contributed by atoms with Crippen molar-refractivity contribution in [2.45, 2.75) is 20.8 Å². The van der Waals surface area contributed by atoms with Gasteiger partial charge in [-0.15, -0.1) is 0 Å². The third-order valence-electron chi connectivity index (χ3n) is 3.23. The van der Waals surface area contributed by atoms with Crippen molar-refractivity contribution in [2.24, 2.45) is 0 Å². The lowest BCUT2D eigenvalue weighted by atomic mass is 9.93. The lowest BCUT2D eigenvalue weighted by Crippen LogP contribution is -2.05. The van der Waals surface area contributed by atoms with Crippen LogP contribution in [-0.2, 0) is 0 Å². The molecule has 0 aliphatic rings. The molecule has 0 heterocycles. The molecule has 1 nitrogen and oxygen atoms in total. The molecule has 0 saturated carbocycles. The quantitative estimate of drug-likeness (QED) is 0.710. The molecule has 0 aliphatic heterocycles. The first-order valence-corrected chi connectivity index (χ1v) is 5.69. The third kappa shape index (κ3) is 2.14. The summed E-state index contributed by atoms with van der Waals surface area (Å²) in [5.74, 6) is 0.0474. The number of benzene rings is 2. The van der Waals surface area contributed by atoms with Crippen LogP contribution in [0.15, 0.2) is 36.4 Å². The normalized spacial score (nSPS) is 10.3. The standard InChI is InChI=1S/C16H15O/c1-11-9-10-15(13(3)12(11)2)16(17)14-7-5-4-6-8-14/h4-9H,1-3H3. The monoisotopic (exact) mass is 223 g/mol. The molecule has 85 valence electrons. The van der Waals surface area contributed by atoms with Crippen molar-refractivity contribution in [2.75, 3.05) is 0 Å². The van der Waals surface area contributed by atoms with E-state index in [1.165, 1.54) is 11.1 Å². The summed E-state index contributed by atoms with van der Waals surface area (Å²) < 4.78 is 0. The summed E-state index contributed by atoms with van der Waals surface area (Å²) in [4.78, 5) is 12.3. The van der Waals surface area contributed by atoms with E-state index in [4.69, 9.17) is 0 Å². The van der Waals surface area contributed by atoms with Gasteiger partial charge >= 0.3 is 0 Å². The molecule has 0 aromatic heterocycles. The van der Waals surface area contributed by atoms with Crippen LogP contribution in [0, 0.1) is 26.8 Å². The van der Waals surface area contributed by atoms with E-state index in [0.717, 1.165) is 11.1 Å². The van der Waals surface area contributed by atoms with Crippen LogP contribution in [0.1, 0.15) is 32.6 Å². The Balaban J connectivity index is 2.49. The van der Waals surface area contributed by atoms with Gasteiger partial charge in [0.2, 0.25) is 0 Å². The summed E-state index contributed by atoms with van der Waals surface area (Å²) in [6, 6.07) is 14.3. The smallest absolute Gasteiger partial charge is 0.193 e. The summed E-state index contributed by atoms with van der Waals surface area (Å²) in [5.41, 5.74) is 4.77. The zero-order valence-electron chi connectivity index (χ0n) is 10.4. The Morgan fingerprint density at radius 3 is 2.29 bits per heavy atom. The highest BCUT2D eigenvalue weighted by Crippen LogP contribution is 2.19. The van der Waals surface area contributed by atoms with Gasteiger partial charge in [0.15, 0.2) is 5.78 Å². The summed E-state index contributed by atoms with van der Waals surface area (Å²) >= 11 is 0. The fourth-order valence-electron chi connectivity index (χ4n) is 1.85. The minimum absolute atomic E-state index is 0.0474. The van der Waals surface area contributed by atoms with Gasteiger partial charge in [-0.2, -0.15) is 0 Å². The van der Waals surface area contributed by atoms with Crippen LogP contribution < -0.4 is 0 Å². The van der Waals surface area contributed by atoms with Gasteiger partial charge in [0, 0.05) is 11.1 Å². The first-order chi connectivity index (χ1) is 8.11. The molecule has 0 saturated heterocycles. The molecular formula is C16H15O. The number of rotatable bonds is 2. The minimum atomic E-state index is 0.0474. The van der Waals surface area contributed by atoms with Gasteiger partial charge in [-0.25, -0.2) is 0 Å². The Morgan fingerprint density at radius 1 is 1.00 bits per heavy atom. The van der Waals surface area contributed by atoms with Crippen LogP contribution >= 0.6 is 0 Å². The van der Waals surface area contributed by atoms with Crippen molar-refractivity contribution in [1.82, 2.24) is 0 Å². The summed E-state index contributed by atoms with van der Waals surface area (Å²) in [5, 5.41) is 0. The molecule has 1 heteroatoms. The maximum absolute atomic E-state index is 12.3. The molecule has 0 atom stereocenters. The van der Waals surface area contributed by atoms with Gasteiger partial charge in [-0.05, 0) is 43.5 Å². The highest BCUT2D eigenvalue weighted by Gasteiger charge is 2.13. The second kappa shape index (κ2) is 4.54. The van der Waals surface area contributed by atoms with Crippen molar-refractivity contribution < 1.29 is 4.79 Å². The lowest BCUT2D eigenvalue weighted by molar-refractivity contribution is 0.103. The van der Waals surface area contributed by atoms with E-state index in [9.17, 15) is 4.79 Å². The fraction of sp³-hybridized carbons (Fsp3) is 0.188. The highest BCUT2D eigenvalue weighted by molar-refractivity contribution is 6.09. The van der Waals surface area contributed by atoms with E-state index in [0.29, 0.717) is 5.56 Å². The van der Waals surface area contributed by atoms with E-state index >= 15 is 0 Å². The van der Waals surface area contributed by atoms with Crippen LogP contribution in [0.3, 0.4) is 0 Å². The van der Waals surface area contributed by atoms with Crippen LogP contribution in [-0.4, -0.2) is 5.78 Å². The number of ketones is 1. The molecule has 0 bridgehead atoms. The molecule has 2 rings (SSSR count). The third-order valence-corrected chi connectivity index (χ3v) is 3.23. The predicted octanol–water partition coefficient (Wildman–Crippen LogP) is 3.64. The number of carbonyl (C=O) groups is 1. The molecular weight excluding hydrogens is 208 g/mol. The average Bonchev–Trinajstić information content (AvgIpc) is 2.36. The van der Waals surface area contributed by atoms with Crippen molar-refractivity contribution >= 4 is 5.78 Å². The van der Waals surface area contributed by atoms with Gasteiger partial charge < -0.3 is 0 Å². The van der Waals surface area contributed by atoms with Gasteiger partial charge in [-0.3, -0.25) is 4.79 Å². The molecule has 2 aromatic rings. The molecule has 0 amide bonds. The molecule has 0 aliphatic carbocycles. The number of aryl methyl sites for hydroxylation is 1. The van der Waals surface area contributed by atoms with Crippen LogP contribution in [0.5, 0.6) is 0 Å². The molecule has 1 radical (unpaired) electrons. The van der Waals surface area contributed by atoms with Crippen molar-refractivity contribution in [1.29, 1.82) is 0 Å². The second-order valence-electron chi connectivity index (χ2n) is 4.29. The first kappa shape index (κ1) is 11.6. The van der Waals surface area contributed by atoms with Gasteiger partial charge in [-0.1, -0.05) is 36.4 Å². The van der Waals surface area contributed by atoms with Gasteiger partial charge in [0.25, 0.3) is 0 Å². The summed E-state index contributed by atoms with van der Waals surface area (Å²) in [6.45, 7) is 6.06. The Kier molecular flexibility index (Phi) is 3.10. The van der Waals surface area contributed by atoms with Gasteiger partial charge in [0.05, 0.1) is 0 Å². The van der Waals surface area contributed by atoms with Gasteiger partial charge in [0.1, 0.15) is 0 Å². The van der Waals surface area contributed by atoms with Crippen LogP contribution in [0.4, 0.5) is 0 Å². The lowest BCUT2D eigenvalue weighted by Gasteiger charge is -2.09. The summed E-state index contributed by atoms with van der Waals surface area (Å²) in [7, 11) is 0. The molecule has 0 fully saturated rings. The molecule has 2 aromatic carbocycles. The summed E-state index contributed by atoms with van der Waals surface area (Å²) in [6.07, 6.45) is 0.